The minimum absolute atomic E-state index is 0.236. The Labute approximate surface area is 105 Å². The second-order valence-electron chi connectivity index (χ2n) is 6.33. The van der Waals surface area contributed by atoms with Crippen LogP contribution >= 0.6 is 0 Å². The Hall–Kier alpha value is -0.570. The molecule has 1 amide bonds. The van der Waals surface area contributed by atoms with Gasteiger partial charge in [-0.2, -0.15) is 0 Å². The first-order chi connectivity index (χ1) is 8.08. The minimum Gasteiger partial charge on any atom is -0.353 e. The molecule has 3 heteroatoms. The highest BCUT2D eigenvalue weighted by atomic mass is 16.1. The molecule has 0 aliphatic heterocycles. The van der Waals surface area contributed by atoms with E-state index in [1.165, 1.54) is 32.1 Å². The van der Waals surface area contributed by atoms with Crippen LogP contribution in [0.15, 0.2) is 0 Å². The van der Waals surface area contributed by atoms with Crippen molar-refractivity contribution in [1.82, 2.24) is 10.6 Å². The van der Waals surface area contributed by atoms with Crippen LogP contribution in [0.3, 0.4) is 0 Å². The Bertz CT molecular complexity index is 271. The van der Waals surface area contributed by atoms with Crippen molar-refractivity contribution in [2.75, 3.05) is 6.54 Å². The molecule has 0 bridgehead atoms. The van der Waals surface area contributed by atoms with Crippen molar-refractivity contribution in [3.63, 3.8) is 0 Å². The first-order valence-electron chi connectivity index (χ1n) is 7.11. The monoisotopic (exact) mass is 238 g/mol. The summed E-state index contributed by atoms with van der Waals surface area (Å²) < 4.78 is 0. The first-order valence-corrected chi connectivity index (χ1v) is 7.11. The van der Waals surface area contributed by atoms with Gasteiger partial charge in [-0.15, -0.1) is 0 Å². The van der Waals surface area contributed by atoms with Gasteiger partial charge in [-0.05, 0) is 44.1 Å². The van der Waals surface area contributed by atoms with Crippen LogP contribution in [0.25, 0.3) is 0 Å². The van der Waals surface area contributed by atoms with Crippen molar-refractivity contribution in [3.05, 3.63) is 0 Å². The molecule has 0 spiro atoms. The second kappa shape index (κ2) is 5.38. The fourth-order valence-electron chi connectivity index (χ4n) is 2.76. The van der Waals surface area contributed by atoms with E-state index >= 15 is 0 Å². The predicted octanol–water partition coefficient (Wildman–Crippen LogP) is 2.21. The molecule has 3 nitrogen and oxygen atoms in total. The highest BCUT2D eigenvalue weighted by Crippen LogP contribution is 2.37. The number of carbonyl (C=O) groups is 1. The van der Waals surface area contributed by atoms with Gasteiger partial charge in [0.25, 0.3) is 0 Å². The van der Waals surface area contributed by atoms with E-state index in [4.69, 9.17) is 0 Å². The zero-order chi connectivity index (χ0) is 12.3. The van der Waals surface area contributed by atoms with Gasteiger partial charge in [0.2, 0.25) is 5.91 Å². The summed E-state index contributed by atoms with van der Waals surface area (Å²) in [5, 5.41) is 6.65. The molecule has 2 fully saturated rings. The molecule has 0 radical (unpaired) electrons. The number of rotatable bonds is 6. The average molecular weight is 238 g/mol. The SMILES string of the molecule is CC1(C)CCCC1NCCCC(=O)NC1CC1. The largest absolute Gasteiger partial charge is 0.353 e. The van der Waals surface area contributed by atoms with E-state index in [2.05, 4.69) is 24.5 Å². The molecule has 2 aliphatic rings. The van der Waals surface area contributed by atoms with E-state index in [0.717, 1.165) is 13.0 Å². The Morgan fingerprint density at radius 2 is 2.06 bits per heavy atom. The molecule has 2 rings (SSSR count). The van der Waals surface area contributed by atoms with Gasteiger partial charge in [-0.1, -0.05) is 20.3 Å². The smallest absolute Gasteiger partial charge is 0.220 e. The maximum absolute atomic E-state index is 11.5. The van der Waals surface area contributed by atoms with E-state index < -0.39 is 0 Å². The molecule has 0 aromatic carbocycles. The zero-order valence-electron chi connectivity index (χ0n) is 11.2. The van der Waals surface area contributed by atoms with Gasteiger partial charge in [0.15, 0.2) is 0 Å². The van der Waals surface area contributed by atoms with Crippen LogP contribution in [-0.4, -0.2) is 24.5 Å². The van der Waals surface area contributed by atoms with Crippen LogP contribution in [0.2, 0.25) is 0 Å². The van der Waals surface area contributed by atoms with Crippen LogP contribution in [0.1, 0.15) is 58.8 Å². The number of nitrogens with one attached hydrogen (secondary N) is 2. The van der Waals surface area contributed by atoms with Crippen molar-refractivity contribution >= 4 is 5.91 Å². The van der Waals surface area contributed by atoms with Gasteiger partial charge in [0.1, 0.15) is 0 Å². The molecular formula is C14H26N2O. The summed E-state index contributed by atoms with van der Waals surface area (Å²) >= 11 is 0. The number of hydrogen-bond acceptors (Lipinski definition) is 2. The molecule has 1 atom stereocenters. The van der Waals surface area contributed by atoms with Crippen molar-refractivity contribution < 1.29 is 4.79 Å². The van der Waals surface area contributed by atoms with Crippen molar-refractivity contribution in [2.24, 2.45) is 5.41 Å². The molecular weight excluding hydrogens is 212 g/mol. The number of amides is 1. The fourth-order valence-corrected chi connectivity index (χ4v) is 2.76. The molecule has 17 heavy (non-hydrogen) atoms. The van der Waals surface area contributed by atoms with Gasteiger partial charge in [-0.25, -0.2) is 0 Å². The Kier molecular flexibility index (Phi) is 4.08. The number of hydrogen-bond donors (Lipinski definition) is 2. The van der Waals surface area contributed by atoms with Gasteiger partial charge in [0.05, 0.1) is 0 Å². The van der Waals surface area contributed by atoms with E-state index in [9.17, 15) is 4.79 Å². The highest BCUT2D eigenvalue weighted by Gasteiger charge is 2.33. The Morgan fingerprint density at radius 3 is 2.65 bits per heavy atom. The summed E-state index contributed by atoms with van der Waals surface area (Å²) in [4.78, 5) is 11.5. The third-order valence-electron chi connectivity index (χ3n) is 4.17. The van der Waals surface area contributed by atoms with Crippen LogP contribution in [-0.2, 0) is 4.79 Å². The third-order valence-corrected chi connectivity index (χ3v) is 4.17. The van der Waals surface area contributed by atoms with Gasteiger partial charge < -0.3 is 10.6 Å². The van der Waals surface area contributed by atoms with Crippen LogP contribution in [0.4, 0.5) is 0 Å². The summed E-state index contributed by atoms with van der Waals surface area (Å²) in [6.07, 6.45) is 7.96. The minimum atomic E-state index is 0.236. The third kappa shape index (κ3) is 3.98. The highest BCUT2D eigenvalue weighted by molar-refractivity contribution is 5.76. The molecule has 2 aliphatic carbocycles. The quantitative estimate of drug-likeness (QED) is 0.697. The topological polar surface area (TPSA) is 41.1 Å². The maximum Gasteiger partial charge on any atom is 0.220 e. The Balaban J connectivity index is 1.54. The molecule has 0 saturated heterocycles. The van der Waals surface area contributed by atoms with Crippen molar-refractivity contribution in [1.29, 1.82) is 0 Å². The standard InChI is InChI=1S/C14H26N2O/c1-14(2)9-3-5-12(14)15-10-4-6-13(17)16-11-7-8-11/h11-12,15H,3-10H2,1-2H3,(H,16,17). The molecule has 98 valence electrons. The predicted molar refractivity (Wildman–Crippen MR) is 69.8 cm³/mol. The van der Waals surface area contributed by atoms with Crippen molar-refractivity contribution in [2.45, 2.75) is 70.9 Å². The molecule has 0 aromatic rings. The maximum atomic E-state index is 11.5. The molecule has 0 aromatic heterocycles. The van der Waals surface area contributed by atoms with E-state index in [1.807, 2.05) is 0 Å². The van der Waals surface area contributed by atoms with Gasteiger partial charge in [0, 0.05) is 18.5 Å². The van der Waals surface area contributed by atoms with Crippen LogP contribution in [0.5, 0.6) is 0 Å². The second-order valence-corrected chi connectivity index (χ2v) is 6.33. The Morgan fingerprint density at radius 1 is 1.29 bits per heavy atom. The molecule has 0 heterocycles. The molecule has 2 N–H and O–H groups in total. The average Bonchev–Trinajstić information content (AvgIpc) is 2.98. The number of carbonyl (C=O) groups excluding carboxylic acids is 1. The van der Waals surface area contributed by atoms with E-state index in [1.54, 1.807) is 0 Å². The summed E-state index contributed by atoms with van der Waals surface area (Å²) in [5.41, 5.74) is 0.441. The molecule has 2 saturated carbocycles. The first kappa shape index (κ1) is 12.9. The molecule has 1 unspecified atom stereocenters. The van der Waals surface area contributed by atoms with E-state index in [-0.39, 0.29) is 5.91 Å². The summed E-state index contributed by atoms with van der Waals surface area (Å²) in [5.74, 6) is 0.236. The van der Waals surface area contributed by atoms with Crippen molar-refractivity contribution in [3.8, 4) is 0 Å². The van der Waals surface area contributed by atoms with Crippen LogP contribution in [0, 0.1) is 5.41 Å². The fraction of sp³-hybridized carbons (Fsp3) is 0.929. The van der Waals surface area contributed by atoms with E-state index in [0.29, 0.717) is 23.9 Å². The lowest BCUT2D eigenvalue weighted by Crippen LogP contribution is -2.38. The summed E-state index contributed by atoms with van der Waals surface area (Å²) in [6, 6.07) is 1.15. The summed E-state index contributed by atoms with van der Waals surface area (Å²) in [6.45, 7) is 5.67. The lowest BCUT2D eigenvalue weighted by molar-refractivity contribution is -0.121. The lowest BCUT2D eigenvalue weighted by atomic mass is 9.87. The lowest BCUT2D eigenvalue weighted by Gasteiger charge is -2.27. The summed E-state index contributed by atoms with van der Waals surface area (Å²) in [7, 11) is 0. The van der Waals surface area contributed by atoms with Crippen LogP contribution < -0.4 is 10.6 Å². The normalized spacial score (nSPS) is 27.1. The van der Waals surface area contributed by atoms with Gasteiger partial charge >= 0.3 is 0 Å². The zero-order valence-corrected chi connectivity index (χ0v) is 11.2. The van der Waals surface area contributed by atoms with Gasteiger partial charge in [-0.3, -0.25) is 4.79 Å².